The van der Waals surface area contributed by atoms with Crippen LogP contribution in [0.3, 0.4) is 0 Å². The van der Waals surface area contributed by atoms with Crippen LogP contribution in [0.1, 0.15) is 22.3 Å². The van der Waals surface area contributed by atoms with Gasteiger partial charge in [-0.3, -0.25) is 0 Å². The lowest BCUT2D eigenvalue weighted by Gasteiger charge is -2.14. The zero-order chi connectivity index (χ0) is 21.7. The van der Waals surface area contributed by atoms with Gasteiger partial charge < -0.3 is 25.8 Å². The molecule has 0 saturated carbocycles. The maximum Gasteiger partial charge on any atom is 0.221 e. The molecule has 0 radical (unpaired) electrons. The number of hydrogen-bond acceptors (Lipinski definition) is 7. The monoisotopic (exact) mass is 405 g/mol. The molecule has 0 fully saturated rings. The molecule has 0 bridgehead atoms. The van der Waals surface area contributed by atoms with Gasteiger partial charge in [-0.15, -0.1) is 0 Å². The van der Waals surface area contributed by atoms with Crippen molar-refractivity contribution in [3.05, 3.63) is 64.8 Å². The third kappa shape index (κ3) is 4.81. The zero-order valence-corrected chi connectivity index (χ0v) is 17.7. The number of nitrogen functional groups attached to an aromatic ring is 2. The Kier molecular flexibility index (Phi) is 6.41. The molecule has 0 spiro atoms. The minimum Gasteiger partial charge on any atom is -0.493 e. The largest absolute Gasteiger partial charge is 0.493 e. The molecular formula is C23H27N5O2. The van der Waals surface area contributed by atoms with Gasteiger partial charge in [0.1, 0.15) is 5.82 Å². The molecule has 3 rings (SSSR count). The topological polar surface area (TPSA) is 99.5 Å². The van der Waals surface area contributed by atoms with E-state index in [1.807, 2.05) is 38.4 Å². The highest BCUT2D eigenvalue weighted by Gasteiger charge is 2.13. The van der Waals surface area contributed by atoms with Crippen molar-refractivity contribution in [2.24, 2.45) is 0 Å². The number of rotatable bonds is 7. The molecule has 30 heavy (non-hydrogen) atoms. The number of anilines is 3. The summed E-state index contributed by atoms with van der Waals surface area (Å²) in [7, 11) is 7.29. The Morgan fingerprint density at radius 1 is 1.00 bits per heavy atom. The van der Waals surface area contributed by atoms with Crippen LogP contribution in [0.25, 0.3) is 12.2 Å². The molecule has 156 valence electrons. The predicted molar refractivity (Wildman–Crippen MR) is 123 cm³/mol. The lowest BCUT2D eigenvalue weighted by molar-refractivity contribution is 0.354. The van der Waals surface area contributed by atoms with Crippen LogP contribution in [0.5, 0.6) is 11.5 Å². The average Bonchev–Trinajstić information content (AvgIpc) is 2.74. The van der Waals surface area contributed by atoms with E-state index in [2.05, 4.69) is 39.1 Å². The molecule has 0 unspecified atom stereocenters. The van der Waals surface area contributed by atoms with Gasteiger partial charge in [-0.2, -0.15) is 4.98 Å². The van der Waals surface area contributed by atoms with Crippen molar-refractivity contribution in [3.63, 3.8) is 0 Å². The van der Waals surface area contributed by atoms with Gasteiger partial charge in [0.05, 0.1) is 14.2 Å². The summed E-state index contributed by atoms with van der Waals surface area (Å²) in [6.45, 7) is 0. The molecule has 1 aromatic heterocycles. The third-order valence-electron chi connectivity index (χ3n) is 4.74. The van der Waals surface area contributed by atoms with Gasteiger partial charge in [0.15, 0.2) is 11.5 Å². The first-order valence-corrected chi connectivity index (χ1v) is 9.48. The van der Waals surface area contributed by atoms with E-state index in [0.29, 0.717) is 23.7 Å². The number of nitrogens with two attached hydrogens (primary N) is 2. The van der Waals surface area contributed by atoms with E-state index >= 15 is 0 Å². The summed E-state index contributed by atoms with van der Waals surface area (Å²) in [4.78, 5) is 10.1. The van der Waals surface area contributed by atoms with Gasteiger partial charge in [0, 0.05) is 43.5 Å². The fraction of sp³-hybridized carbons (Fsp3) is 0.217. The van der Waals surface area contributed by atoms with E-state index in [1.165, 1.54) is 0 Å². The molecule has 0 atom stereocenters. The highest BCUT2D eigenvalue weighted by atomic mass is 16.5. The van der Waals surface area contributed by atoms with Crippen LogP contribution in [-0.4, -0.2) is 38.3 Å². The van der Waals surface area contributed by atoms with E-state index in [-0.39, 0.29) is 5.95 Å². The number of aromatic nitrogens is 2. The third-order valence-corrected chi connectivity index (χ3v) is 4.74. The van der Waals surface area contributed by atoms with Crippen LogP contribution in [0.15, 0.2) is 42.6 Å². The Labute approximate surface area is 177 Å². The summed E-state index contributed by atoms with van der Waals surface area (Å²) in [6, 6.07) is 12.3. The van der Waals surface area contributed by atoms with Crippen molar-refractivity contribution in [3.8, 4) is 11.5 Å². The van der Waals surface area contributed by atoms with Gasteiger partial charge >= 0.3 is 0 Å². The first-order valence-electron chi connectivity index (χ1n) is 9.48. The molecule has 0 amide bonds. The van der Waals surface area contributed by atoms with Gasteiger partial charge in [-0.1, -0.05) is 24.3 Å². The smallest absolute Gasteiger partial charge is 0.221 e. The second kappa shape index (κ2) is 9.17. The summed E-state index contributed by atoms with van der Waals surface area (Å²) in [5.41, 5.74) is 16.5. The minimum absolute atomic E-state index is 0.160. The Hall–Kier alpha value is -3.74. The fourth-order valence-electron chi connectivity index (χ4n) is 3.14. The van der Waals surface area contributed by atoms with Crippen LogP contribution in [-0.2, 0) is 6.42 Å². The van der Waals surface area contributed by atoms with E-state index < -0.39 is 0 Å². The first-order chi connectivity index (χ1) is 14.4. The maximum absolute atomic E-state index is 6.00. The Morgan fingerprint density at radius 2 is 1.73 bits per heavy atom. The quantitative estimate of drug-likeness (QED) is 0.581. The molecule has 2 aromatic carbocycles. The van der Waals surface area contributed by atoms with E-state index in [4.69, 9.17) is 20.9 Å². The SMILES string of the molecule is COc1cc(Cc2cnc(N)nc2N)cc(C=Cc2ccc(N(C)C)cc2)c1OC. The Balaban J connectivity index is 1.94. The van der Waals surface area contributed by atoms with E-state index in [1.54, 1.807) is 20.4 Å². The number of benzene rings is 2. The molecule has 3 aromatic rings. The van der Waals surface area contributed by atoms with Crippen LogP contribution in [0, 0.1) is 0 Å². The predicted octanol–water partition coefficient (Wildman–Crippen LogP) is 3.49. The summed E-state index contributed by atoms with van der Waals surface area (Å²) in [6.07, 6.45) is 6.25. The summed E-state index contributed by atoms with van der Waals surface area (Å²) in [5.74, 6) is 1.85. The summed E-state index contributed by atoms with van der Waals surface area (Å²) < 4.78 is 11.2. The first kappa shape index (κ1) is 21.0. The van der Waals surface area contributed by atoms with E-state index in [9.17, 15) is 0 Å². The lowest BCUT2D eigenvalue weighted by Crippen LogP contribution is -2.07. The van der Waals surface area contributed by atoms with Gasteiger partial charge in [0.25, 0.3) is 0 Å². The van der Waals surface area contributed by atoms with Crippen molar-refractivity contribution in [1.82, 2.24) is 9.97 Å². The standard InChI is InChI=1S/C23H27N5O2/c1-28(2)19-9-6-15(7-10-19)5-8-17-11-16(13-20(29-3)21(17)30-4)12-18-14-26-23(25)27-22(18)24/h5-11,13-14H,12H2,1-4H3,(H4,24,25,26,27). The van der Waals surface area contributed by atoms with Crippen LogP contribution >= 0.6 is 0 Å². The number of ether oxygens (including phenoxy) is 2. The molecule has 0 saturated heterocycles. The van der Waals surface area contributed by atoms with Crippen molar-refractivity contribution in [2.75, 3.05) is 44.7 Å². The van der Waals surface area contributed by atoms with E-state index in [0.717, 1.165) is 27.9 Å². The van der Waals surface area contributed by atoms with Gasteiger partial charge in [-0.05, 0) is 35.4 Å². The molecule has 7 heteroatoms. The van der Waals surface area contributed by atoms with Crippen molar-refractivity contribution >= 4 is 29.6 Å². The second-order valence-corrected chi connectivity index (χ2v) is 7.06. The minimum atomic E-state index is 0.160. The summed E-state index contributed by atoms with van der Waals surface area (Å²) in [5, 5.41) is 0. The van der Waals surface area contributed by atoms with Crippen LogP contribution in [0.2, 0.25) is 0 Å². The maximum atomic E-state index is 6.00. The van der Waals surface area contributed by atoms with Gasteiger partial charge in [-0.25, -0.2) is 4.98 Å². The fourth-order valence-corrected chi connectivity index (χ4v) is 3.14. The normalized spacial score (nSPS) is 10.9. The Morgan fingerprint density at radius 3 is 2.33 bits per heavy atom. The molecular weight excluding hydrogens is 378 g/mol. The molecule has 0 aliphatic carbocycles. The molecule has 7 nitrogen and oxygen atoms in total. The van der Waals surface area contributed by atoms with Crippen LogP contribution in [0.4, 0.5) is 17.5 Å². The molecule has 0 aliphatic rings. The van der Waals surface area contributed by atoms with Crippen molar-refractivity contribution < 1.29 is 9.47 Å². The number of methoxy groups -OCH3 is 2. The van der Waals surface area contributed by atoms with Crippen LogP contribution < -0.4 is 25.8 Å². The molecule has 1 heterocycles. The Bertz CT molecular complexity index is 1050. The summed E-state index contributed by atoms with van der Waals surface area (Å²) >= 11 is 0. The number of nitrogens with zero attached hydrogens (tertiary/aromatic N) is 3. The number of hydrogen-bond donors (Lipinski definition) is 2. The zero-order valence-electron chi connectivity index (χ0n) is 17.7. The molecule has 4 N–H and O–H groups in total. The van der Waals surface area contributed by atoms with Gasteiger partial charge in [0.2, 0.25) is 5.95 Å². The second-order valence-electron chi connectivity index (χ2n) is 7.06. The highest BCUT2D eigenvalue weighted by Crippen LogP contribution is 2.35. The highest BCUT2D eigenvalue weighted by molar-refractivity contribution is 5.75. The van der Waals surface area contributed by atoms with Crippen molar-refractivity contribution in [2.45, 2.75) is 6.42 Å². The molecule has 0 aliphatic heterocycles. The average molecular weight is 406 g/mol. The van der Waals surface area contributed by atoms with Crippen molar-refractivity contribution in [1.29, 1.82) is 0 Å². The lowest BCUT2D eigenvalue weighted by atomic mass is 10.0.